The van der Waals surface area contributed by atoms with Crippen LogP contribution in [0.1, 0.15) is 12.0 Å². The van der Waals surface area contributed by atoms with E-state index < -0.39 is 0 Å². The van der Waals surface area contributed by atoms with Crippen LogP contribution in [0.5, 0.6) is 11.5 Å². The molecule has 0 saturated carbocycles. The van der Waals surface area contributed by atoms with Gasteiger partial charge < -0.3 is 14.4 Å². The largest absolute Gasteiger partial charge is 0.493 e. The molecule has 2 heterocycles. The molecule has 1 saturated heterocycles. The highest BCUT2D eigenvalue weighted by atomic mass is 79.9. The van der Waals surface area contributed by atoms with Crippen LogP contribution in [0.3, 0.4) is 0 Å². The van der Waals surface area contributed by atoms with E-state index >= 15 is 0 Å². The number of rotatable bonds is 2. The van der Waals surface area contributed by atoms with Gasteiger partial charge in [-0.15, -0.1) is 0 Å². The van der Waals surface area contributed by atoms with Crippen LogP contribution in [0.25, 0.3) is 0 Å². The van der Waals surface area contributed by atoms with Crippen molar-refractivity contribution in [1.29, 1.82) is 0 Å². The molecule has 0 amide bonds. The van der Waals surface area contributed by atoms with Gasteiger partial charge in [0.15, 0.2) is 11.5 Å². The fourth-order valence-electron chi connectivity index (χ4n) is 3.07. The van der Waals surface area contributed by atoms with Gasteiger partial charge in [-0.1, -0.05) is 15.9 Å². The Labute approximate surface area is 116 Å². The van der Waals surface area contributed by atoms with Gasteiger partial charge in [0, 0.05) is 29.7 Å². The van der Waals surface area contributed by atoms with Gasteiger partial charge in [0.1, 0.15) is 0 Å². The molecule has 1 aromatic carbocycles. The van der Waals surface area contributed by atoms with E-state index in [-0.39, 0.29) is 0 Å². The number of alkyl halides is 1. The van der Waals surface area contributed by atoms with Crippen molar-refractivity contribution in [1.82, 2.24) is 0 Å². The smallest absolute Gasteiger partial charge is 0.162 e. The lowest BCUT2D eigenvalue weighted by Crippen LogP contribution is -2.45. The number of methoxy groups -OCH3 is 2. The zero-order chi connectivity index (χ0) is 12.7. The Morgan fingerprint density at radius 1 is 1.22 bits per heavy atom. The molecular formula is C14H18BrNO2. The number of hydrogen-bond donors (Lipinski definition) is 0. The second kappa shape index (κ2) is 4.65. The minimum absolute atomic E-state index is 0.648. The first-order valence-electron chi connectivity index (χ1n) is 6.37. The molecule has 0 aliphatic carbocycles. The van der Waals surface area contributed by atoms with Crippen LogP contribution in [0.2, 0.25) is 0 Å². The second-order valence-corrected chi connectivity index (χ2v) is 6.23. The van der Waals surface area contributed by atoms with Crippen LogP contribution in [-0.2, 0) is 6.42 Å². The maximum Gasteiger partial charge on any atom is 0.162 e. The Balaban J connectivity index is 2.04. The topological polar surface area (TPSA) is 21.7 Å². The molecular weight excluding hydrogens is 294 g/mol. The summed E-state index contributed by atoms with van der Waals surface area (Å²) < 4.78 is 10.8. The van der Waals surface area contributed by atoms with Gasteiger partial charge in [0.05, 0.1) is 14.2 Å². The minimum Gasteiger partial charge on any atom is -0.493 e. The highest BCUT2D eigenvalue weighted by Crippen LogP contribution is 2.42. The molecule has 2 atom stereocenters. The third-order valence-corrected chi connectivity index (χ3v) is 5.25. The molecule has 2 aliphatic heterocycles. The zero-order valence-electron chi connectivity index (χ0n) is 10.8. The van der Waals surface area contributed by atoms with E-state index in [0.29, 0.717) is 10.7 Å². The van der Waals surface area contributed by atoms with E-state index in [1.165, 1.54) is 17.7 Å². The van der Waals surface area contributed by atoms with Crippen molar-refractivity contribution in [3.63, 3.8) is 0 Å². The summed E-state index contributed by atoms with van der Waals surface area (Å²) in [4.78, 5) is 3.12. The highest BCUT2D eigenvalue weighted by Gasteiger charge is 2.34. The van der Waals surface area contributed by atoms with Crippen molar-refractivity contribution in [2.45, 2.75) is 17.7 Å². The highest BCUT2D eigenvalue weighted by molar-refractivity contribution is 9.09. The lowest BCUT2D eigenvalue weighted by atomic mass is 9.85. The molecule has 3 rings (SSSR count). The van der Waals surface area contributed by atoms with Gasteiger partial charge >= 0.3 is 0 Å². The summed E-state index contributed by atoms with van der Waals surface area (Å²) in [6, 6.07) is 4.26. The Morgan fingerprint density at radius 2 is 1.94 bits per heavy atom. The monoisotopic (exact) mass is 311 g/mol. The van der Waals surface area contributed by atoms with Crippen molar-refractivity contribution in [3.8, 4) is 11.5 Å². The van der Waals surface area contributed by atoms with E-state index in [0.717, 1.165) is 31.0 Å². The number of hydrogen-bond acceptors (Lipinski definition) is 3. The fraction of sp³-hybridized carbons (Fsp3) is 0.571. The van der Waals surface area contributed by atoms with Crippen LogP contribution < -0.4 is 14.4 Å². The van der Waals surface area contributed by atoms with Gasteiger partial charge in [0.25, 0.3) is 0 Å². The van der Waals surface area contributed by atoms with Gasteiger partial charge in [-0.3, -0.25) is 0 Å². The lowest BCUT2D eigenvalue weighted by Gasteiger charge is -2.43. The number of nitrogens with zero attached hydrogens (tertiary/aromatic N) is 1. The Kier molecular flexibility index (Phi) is 3.14. The second-order valence-electron chi connectivity index (χ2n) is 5.05. The molecule has 0 N–H and O–H groups in total. The summed E-state index contributed by atoms with van der Waals surface area (Å²) in [5, 5.41) is 0. The van der Waals surface area contributed by atoms with Crippen molar-refractivity contribution in [3.05, 3.63) is 17.7 Å². The number of fused-ring (bicyclic) bond motifs is 4. The van der Waals surface area contributed by atoms with Crippen LogP contribution in [0, 0.1) is 5.92 Å². The molecule has 3 nitrogen and oxygen atoms in total. The molecule has 2 aliphatic rings. The third-order valence-electron chi connectivity index (χ3n) is 4.05. The van der Waals surface area contributed by atoms with Crippen LogP contribution in [0.15, 0.2) is 12.1 Å². The van der Waals surface area contributed by atoms with Crippen LogP contribution >= 0.6 is 15.9 Å². The first-order valence-corrected chi connectivity index (χ1v) is 7.28. The predicted octanol–water partition coefficient (Wildman–Crippen LogP) is 2.85. The fourth-order valence-corrected chi connectivity index (χ4v) is 3.62. The van der Waals surface area contributed by atoms with E-state index in [2.05, 4.69) is 33.0 Å². The standard InChI is InChI=1S/C14H18BrNO2/c1-17-13-6-9-5-10-8-16(4-3-11(10)15)12(9)7-14(13)18-2/h6-7,10-11H,3-5,8H2,1-2H3/t10-,11-/m1/s1. The number of piperidine rings is 1. The van der Waals surface area contributed by atoms with Gasteiger partial charge in [-0.25, -0.2) is 0 Å². The first-order chi connectivity index (χ1) is 8.72. The number of ether oxygens (including phenoxy) is 2. The molecule has 0 radical (unpaired) electrons. The molecule has 98 valence electrons. The Bertz CT molecular complexity index is 463. The number of halogens is 1. The summed E-state index contributed by atoms with van der Waals surface area (Å²) in [7, 11) is 3.39. The SMILES string of the molecule is COc1cc2c(cc1OC)N1CC[C@@H](Br)[C@H](C2)C1. The van der Waals surface area contributed by atoms with Gasteiger partial charge in [-0.2, -0.15) is 0 Å². The summed E-state index contributed by atoms with van der Waals surface area (Å²) in [5.41, 5.74) is 2.70. The molecule has 18 heavy (non-hydrogen) atoms. The zero-order valence-corrected chi connectivity index (χ0v) is 12.4. The molecule has 1 aromatic rings. The predicted molar refractivity (Wildman–Crippen MR) is 76.3 cm³/mol. The van der Waals surface area contributed by atoms with Crippen LogP contribution in [-0.4, -0.2) is 32.1 Å². The van der Waals surface area contributed by atoms with Crippen molar-refractivity contribution >= 4 is 21.6 Å². The quantitative estimate of drug-likeness (QED) is 0.784. The normalized spacial score (nSPS) is 25.6. The lowest BCUT2D eigenvalue weighted by molar-refractivity contribution is 0.351. The van der Waals surface area contributed by atoms with E-state index in [4.69, 9.17) is 9.47 Å². The average molecular weight is 312 g/mol. The molecule has 2 bridgehead atoms. The maximum atomic E-state index is 5.40. The average Bonchev–Trinajstić information content (AvgIpc) is 2.41. The maximum absolute atomic E-state index is 5.40. The molecule has 4 heteroatoms. The summed E-state index contributed by atoms with van der Waals surface area (Å²) in [6.07, 6.45) is 2.35. The van der Waals surface area contributed by atoms with Crippen molar-refractivity contribution < 1.29 is 9.47 Å². The molecule has 0 aromatic heterocycles. The molecule has 0 unspecified atom stereocenters. The van der Waals surface area contributed by atoms with E-state index in [1.54, 1.807) is 14.2 Å². The molecule has 1 fully saturated rings. The summed E-state index contributed by atoms with van der Waals surface area (Å²) in [5.74, 6) is 2.38. The summed E-state index contributed by atoms with van der Waals surface area (Å²) in [6.45, 7) is 2.27. The van der Waals surface area contributed by atoms with Gasteiger partial charge in [-0.05, 0) is 30.4 Å². The van der Waals surface area contributed by atoms with Crippen molar-refractivity contribution in [2.75, 3.05) is 32.2 Å². The summed E-state index contributed by atoms with van der Waals surface area (Å²) >= 11 is 3.81. The number of anilines is 1. The minimum atomic E-state index is 0.648. The Hall–Kier alpha value is -0.900. The number of benzene rings is 1. The van der Waals surface area contributed by atoms with Crippen LogP contribution in [0.4, 0.5) is 5.69 Å². The van der Waals surface area contributed by atoms with Gasteiger partial charge in [0.2, 0.25) is 0 Å². The van der Waals surface area contributed by atoms with E-state index in [9.17, 15) is 0 Å². The first kappa shape index (κ1) is 12.2. The molecule has 0 spiro atoms. The Morgan fingerprint density at radius 3 is 2.67 bits per heavy atom. The van der Waals surface area contributed by atoms with Crippen molar-refractivity contribution in [2.24, 2.45) is 5.92 Å². The third kappa shape index (κ3) is 1.87. The van der Waals surface area contributed by atoms with E-state index in [1.807, 2.05) is 0 Å².